The first-order valence-electron chi connectivity index (χ1n) is 7.56. The lowest BCUT2D eigenvalue weighted by Gasteiger charge is -2.16. The monoisotopic (exact) mass is 325 g/mol. The van der Waals surface area contributed by atoms with Gasteiger partial charge in [0.1, 0.15) is 4.87 Å². The molecule has 118 valence electrons. The van der Waals surface area contributed by atoms with E-state index in [0.29, 0.717) is 5.56 Å². The highest BCUT2D eigenvalue weighted by molar-refractivity contribution is 8.14. The molecule has 0 aromatic heterocycles. The zero-order chi connectivity index (χ0) is 16.7. The highest BCUT2D eigenvalue weighted by Gasteiger charge is 2.73. The molecule has 1 fully saturated rings. The molecule has 23 heavy (non-hydrogen) atoms. The van der Waals surface area contributed by atoms with Crippen molar-refractivity contribution in [3.63, 3.8) is 0 Å². The minimum absolute atomic E-state index is 0.00490. The normalized spacial score (nSPS) is 21.8. The SMILES string of the molecule is CC(=O)SC1(c2ccccc2)N(C(=O)c2ccccc2)C1(C)C. The largest absolute Gasteiger partial charge is 0.308 e. The van der Waals surface area contributed by atoms with Crippen LogP contribution in [-0.2, 0) is 9.67 Å². The summed E-state index contributed by atoms with van der Waals surface area (Å²) < 4.78 is 0. The summed E-state index contributed by atoms with van der Waals surface area (Å²) in [5.41, 5.74) is 1.19. The first kappa shape index (κ1) is 15.8. The van der Waals surface area contributed by atoms with Crippen molar-refractivity contribution in [3.8, 4) is 0 Å². The number of hydrogen-bond donors (Lipinski definition) is 0. The summed E-state index contributed by atoms with van der Waals surface area (Å²) in [6.07, 6.45) is 0. The molecule has 1 aliphatic rings. The molecule has 0 N–H and O–H groups in total. The van der Waals surface area contributed by atoms with Crippen LogP contribution in [0, 0.1) is 0 Å². The van der Waals surface area contributed by atoms with Crippen LogP contribution in [0.25, 0.3) is 0 Å². The molecule has 1 unspecified atom stereocenters. The van der Waals surface area contributed by atoms with Gasteiger partial charge in [0.15, 0.2) is 5.12 Å². The van der Waals surface area contributed by atoms with Crippen molar-refractivity contribution in [2.24, 2.45) is 0 Å². The Morgan fingerprint density at radius 1 is 0.913 bits per heavy atom. The average molecular weight is 325 g/mol. The molecule has 1 saturated heterocycles. The second-order valence-electron chi connectivity index (χ2n) is 6.17. The van der Waals surface area contributed by atoms with Gasteiger partial charge in [-0.05, 0) is 31.5 Å². The third-order valence-corrected chi connectivity index (χ3v) is 5.83. The molecule has 2 aromatic carbocycles. The van der Waals surface area contributed by atoms with Crippen LogP contribution in [0.3, 0.4) is 0 Å². The van der Waals surface area contributed by atoms with Crippen LogP contribution in [-0.4, -0.2) is 21.5 Å². The number of hydrogen-bond acceptors (Lipinski definition) is 3. The molecule has 2 aromatic rings. The van der Waals surface area contributed by atoms with Gasteiger partial charge >= 0.3 is 0 Å². The summed E-state index contributed by atoms with van der Waals surface area (Å²) in [4.78, 5) is 26.1. The number of amides is 1. The minimum Gasteiger partial charge on any atom is -0.308 e. The third kappa shape index (κ3) is 2.38. The molecule has 0 saturated carbocycles. The smallest absolute Gasteiger partial charge is 0.255 e. The molecule has 1 heterocycles. The lowest BCUT2D eigenvalue weighted by Crippen LogP contribution is -2.20. The standard InChI is InChI=1S/C19H19NO2S/c1-14(21)23-19(16-12-8-5-9-13-16)18(2,3)20(19)17(22)15-10-6-4-7-11-15/h4-13H,1-3H3. The van der Waals surface area contributed by atoms with Crippen LogP contribution in [0.15, 0.2) is 60.7 Å². The molecular weight excluding hydrogens is 306 g/mol. The zero-order valence-electron chi connectivity index (χ0n) is 13.4. The fourth-order valence-electron chi connectivity index (χ4n) is 3.24. The summed E-state index contributed by atoms with van der Waals surface area (Å²) in [6, 6.07) is 19.0. The molecule has 3 rings (SSSR count). The van der Waals surface area contributed by atoms with E-state index in [2.05, 4.69) is 0 Å². The van der Waals surface area contributed by atoms with E-state index in [4.69, 9.17) is 0 Å². The minimum atomic E-state index is -0.646. The van der Waals surface area contributed by atoms with Crippen LogP contribution < -0.4 is 0 Å². The first-order valence-corrected chi connectivity index (χ1v) is 8.38. The maximum absolute atomic E-state index is 13.0. The van der Waals surface area contributed by atoms with Crippen molar-refractivity contribution in [2.45, 2.75) is 31.2 Å². The van der Waals surface area contributed by atoms with Gasteiger partial charge in [-0.3, -0.25) is 9.59 Å². The summed E-state index contributed by atoms with van der Waals surface area (Å²) in [7, 11) is 0. The number of nitrogens with zero attached hydrogens (tertiary/aromatic N) is 1. The van der Waals surface area contributed by atoms with Crippen molar-refractivity contribution in [1.29, 1.82) is 0 Å². The Kier molecular flexibility index (Phi) is 3.80. The number of thioether (sulfide) groups is 1. The fraction of sp³-hybridized carbons (Fsp3) is 0.263. The Morgan fingerprint density at radius 3 is 1.96 bits per heavy atom. The predicted octanol–water partition coefficient (Wildman–Crippen LogP) is 4.05. The Morgan fingerprint density at radius 2 is 1.43 bits per heavy atom. The maximum atomic E-state index is 13.0. The van der Waals surface area contributed by atoms with Crippen molar-refractivity contribution >= 4 is 22.8 Å². The van der Waals surface area contributed by atoms with Gasteiger partial charge < -0.3 is 4.90 Å². The summed E-state index contributed by atoms with van der Waals surface area (Å²) in [6.45, 7) is 5.57. The Hall–Kier alpha value is -2.07. The fourth-order valence-corrected chi connectivity index (χ4v) is 4.61. The lowest BCUT2D eigenvalue weighted by molar-refractivity contribution is -0.109. The quantitative estimate of drug-likeness (QED) is 0.799. The number of rotatable bonds is 3. The topological polar surface area (TPSA) is 37.1 Å². The van der Waals surface area contributed by atoms with E-state index in [1.54, 1.807) is 6.92 Å². The number of carbonyl (C=O) groups excluding carboxylic acids is 2. The summed E-state index contributed by atoms with van der Waals surface area (Å²) in [5.74, 6) is -0.0480. The van der Waals surface area contributed by atoms with E-state index in [9.17, 15) is 9.59 Å². The Balaban J connectivity index is 2.07. The van der Waals surface area contributed by atoms with Gasteiger partial charge in [0, 0.05) is 12.5 Å². The van der Waals surface area contributed by atoms with Gasteiger partial charge in [-0.25, -0.2) is 0 Å². The third-order valence-electron chi connectivity index (χ3n) is 4.33. The first-order chi connectivity index (χ1) is 10.9. The maximum Gasteiger partial charge on any atom is 0.255 e. The Bertz CT molecular complexity index is 742. The van der Waals surface area contributed by atoms with Gasteiger partial charge in [-0.2, -0.15) is 0 Å². The van der Waals surface area contributed by atoms with Crippen LogP contribution >= 0.6 is 11.8 Å². The van der Waals surface area contributed by atoms with Crippen molar-refractivity contribution in [3.05, 3.63) is 71.8 Å². The second kappa shape index (κ2) is 5.53. The van der Waals surface area contributed by atoms with Gasteiger partial charge in [0.25, 0.3) is 5.91 Å². The van der Waals surface area contributed by atoms with Crippen LogP contribution in [0.1, 0.15) is 36.7 Å². The van der Waals surface area contributed by atoms with Gasteiger partial charge in [0.05, 0.1) is 5.54 Å². The molecule has 0 radical (unpaired) electrons. The highest BCUT2D eigenvalue weighted by atomic mass is 32.2. The average Bonchev–Trinajstić information content (AvgIpc) is 3.03. The van der Waals surface area contributed by atoms with Gasteiger partial charge in [-0.1, -0.05) is 60.3 Å². The van der Waals surface area contributed by atoms with E-state index in [0.717, 1.165) is 5.56 Å². The second-order valence-corrected chi connectivity index (χ2v) is 7.54. The molecule has 0 spiro atoms. The molecule has 0 bridgehead atoms. The Labute approximate surface area is 140 Å². The van der Waals surface area contributed by atoms with E-state index < -0.39 is 10.4 Å². The van der Waals surface area contributed by atoms with E-state index in [-0.39, 0.29) is 11.0 Å². The number of carbonyl (C=O) groups is 2. The molecule has 0 aliphatic carbocycles. The molecular formula is C19H19NO2S. The van der Waals surface area contributed by atoms with E-state index in [1.807, 2.05) is 79.4 Å². The molecule has 3 nitrogen and oxygen atoms in total. The van der Waals surface area contributed by atoms with Crippen molar-refractivity contribution in [1.82, 2.24) is 4.90 Å². The zero-order valence-corrected chi connectivity index (χ0v) is 14.3. The van der Waals surface area contributed by atoms with Gasteiger partial charge in [-0.15, -0.1) is 0 Å². The highest BCUT2D eigenvalue weighted by Crippen LogP contribution is 2.65. The molecule has 1 amide bonds. The molecule has 1 atom stereocenters. The lowest BCUT2D eigenvalue weighted by atomic mass is 10.0. The molecule has 1 aliphatic heterocycles. The van der Waals surface area contributed by atoms with Crippen LogP contribution in [0.5, 0.6) is 0 Å². The molecule has 4 heteroatoms. The summed E-state index contributed by atoms with van der Waals surface area (Å²) in [5, 5.41) is 0.00490. The van der Waals surface area contributed by atoms with E-state index >= 15 is 0 Å². The predicted molar refractivity (Wildman–Crippen MR) is 93.1 cm³/mol. The van der Waals surface area contributed by atoms with Crippen molar-refractivity contribution in [2.75, 3.05) is 0 Å². The van der Waals surface area contributed by atoms with E-state index in [1.165, 1.54) is 11.8 Å². The van der Waals surface area contributed by atoms with Gasteiger partial charge in [0.2, 0.25) is 0 Å². The van der Waals surface area contributed by atoms with Crippen LogP contribution in [0.4, 0.5) is 0 Å². The van der Waals surface area contributed by atoms with Crippen LogP contribution in [0.2, 0.25) is 0 Å². The van der Waals surface area contributed by atoms with Crippen molar-refractivity contribution < 1.29 is 9.59 Å². The summed E-state index contributed by atoms with van der Waals surface area (Å²) >= 11 is 1.23. The number of benzene rings is 2.